The maximum absolute atomic E-state index is 4.76. The summed E-state index contributed by atoms with van der Waals surface area (Å²) >= 11 is 0. The van der Waals surface area contributed by atoms with Crippen LogP contribution in [0.1, 0.15) is 52.4 Å². The van der Waals surface area contributed by atoms with Gasteiger partial charge in [-0.15, -0.1) is 24.0 Å². The van der Waals surface area contributed by atoms with Gasteiger partial charge in [-0.3, -0.25) is 4.99 Å². The van der Waals surface area contributed by atoms with E-state index in [-0.39, 0.29) is 24.0 Å². The molecule has 0 bridgehead atoms. The Labute approximate surface area is 148 Å². The highest BCUT2D eigenvalue weighted by Gasteiger charge is 2.16. The average molecular weight is 410 g/mol. The summed E-state index contributed by atoms with van der Waals surface area (Å²) in [7, 11) is 2.22. The van der Waals surface area contributed by atoms with Crippen molar-refractivity contribution in [3.05, 3.63) is 0 Å². The predicted molar refractivity (Wildman–Crippen MR) is 104 cm³/mol. The van der Waals surface area contributed by atoms with Gasteiger partial charge >= 0.3 is 0 Å². The summed E-state index contributed by atoms with van der Waals surface area (Å²) in [6.07, 6.45) is 7.83. The van der Waals surface area contributed by atoms with E-state index in [0.717, 1.165) is 31.5 Å². The summed E-state index contributed by atoms with van der Waals surface area (Å²) in [4.78, 5) is 7.18. The summed E-state index contributed by atoms with van der Waals surface area (Å²) in [6, 6.07) is 0. The largest absolute Gasteiger partial charge is 0.357 e. The van der Waals surface area contributed by atoms with Crippen molar-refractivity contribution in [1.29, 1.82) is 0 Å². The topological polar surface area (TPSA) is 39.7 Å². The number of unbranched alkanes of at least 4 members (excludes halogenated alkanes) is 3. The molecule has 0 aromatic rings. The van der Waals surface area contributed by atoms with Gasteiger partial charge in [-0.25, -0.2) is 0 Å². The van der Waals surface area contributed by atoms with Crippen LogP contribution in [0, 0.1) is 5.92 Å². The number of nitrogens with one attached hydrogen (secondary N) is 2. The second kappa shape index (κ2) is 13.6. The molecule has 1 heterocycles. The lowest BCUT2D eigenvalue weighted by molar-refractivity contribution is 0.214. The lowest BCUT2D eigenvalue weighted by Crippen LogP contribution is -2.39. The van der Waals surface area contributed by atoms with Crippen molar-refractivity contribution < 1.29 is 0 Å². The molecule has 0 aliphatic carbocycles. The van der Waals surface area contributed by atoms with Crippen molar-refractivity contribution in [2.24, 2.45) is 10.9 Å². The Hall–Kier alpha value is -0.0400. The number of hydrogen-bond donors (Lipinski definition) is 2. The minimum Gasteiger partial charge on any atom is -0.357 e. The zero-order valence-electron chi connectivity index (χ0n) is 14.2. The minimum absolute atomic E-state index is 0. The van der Waals surface area contributed by atoms with Gasteiger partial charge in [-0.05, 0) is 45.7 Å². The van der Waals surface area contributed by atoms with Crippen LogP contribution < -0.4 is 10.6 Å². The molecule has 0 amide bonds. The molecule has 1 aliphatic heterocycles. The molecule has 1 aliphatic rings. The van der Waals surface area contributed by atoms with Gasteiger partial charge in [0, 0.05) is 26.2 Å². The third kappa shape index (κ3) is 10.3. The van der Waals surface area contributed by atoms with E-state index in [2.05, 4.69) is 36.4 Å². The maximum atomic E-state index is 4.76. The van der Waals surface area contributed by atoms with E-state index in [4.69, 9.17) is 4.99 Å². The zero-order valence-corrected chi connectivity index (χ0v) is 16.5. The lowest BCUT2D eigenvalue weighted by Gasteiger charge is -2.28. The van der Waals surface area contributed by atoms with Crippen molar-refractivity contribution in [1.82, 2.24) is 15.5 Å². The number of piperidine rings is 1. The third-order valence-corrected chi connectivity index (χ3v) is 3.90. The molecule has 0 saturated carbocycles. The molecule has 5 heteroatoms. The van der Waals surface area contributed by atoms with E-state index < -0.39 is 0 Å². The van der Waals surface area contributed by atoms with Crippen LogP contribution in [0.15, 0.2) is 4.99 Å². The van der Waals surface area contributed by atoms with Crippen molar-refractivity contribution in [3.8, 4) is 0 Å². The first-order chi connectivity index (χ1) is 9.76. The molecule has 126 valence electrons. The van der Waals surface area contributed by atoms with Gasteiger partial charge < -0.3 is 15.5 Å². The number of likely N-dealkylation sites (tertiary alicyclic amines) is 1. The number of guanidine groups is 1. The fraction of sp³-hybridized carbons (Fsp3) is 0.938. The Balaban J connectivity index is 0.00000400. The van der Waals surface area contributed by atoms with E-state index in [1.807, 2.05) is 0 Å². The fourth-order valence-electron chi connectivity index (χ4n) is 2.74. The lowest BCUT2D eigenvalue weighted by atomic mass is 9.99. The Morgan fingerprint density at radius 1 is 1.19 bits per heavy atom. The number of halogens is 1. The second-order valence-corrected chi connectivity index (χ2v) is 5.98. The molecule has 0 spiro atoms. The van der Waals surface area contributed by atoms with Crippen LogP contribution in [-0.2, 0) is 0 Å². The Morgan fingerprint density at radius 3 is 2.67 bits per heavy atom. The summed E-state index contributed by atoms with van der Waals surface area (Å²) in [5.74, 6) is 1.72. The first-order valence-electron chi connectivity index (χ1n) is 8.47. The summed E-state index contributed by atoms with van der Waals surface area (Å²) < 4.78 is 0. The number of hydrogen-bond acceptors (Lipinski definition) is 2. The predicted octanol–water partition coefficient (Wildman–Crippen LogP) is 3.08. The molecular formula is C16H35IN4. The molecule has 1 atom stereocenters. The highest BCUT2D eigenvalue weighted by Crippen LogP contribution is 2.14. The normalized spacial score (nSPS) is 20.0. The SMILES string of the molecule is CCCCCCNC(=NCC1CCCN(C)C1)NCC.I. The Morgan fingerprint density at radius 2 is 2.00 bits per heavy atom. The second-order valence-electron chi connectivity index (χ2n) is 5.98. The van der Waals surface area contributed by atoms with Crippen molar-refractivity contribution in [2.75, 3.05) is 39.8 Å². The molecule has 1 unspecified atom stereocenters. The van der Waals surface area contributed by atoms with Crippen LogP contribution in [0.25, 0.3) is 0 Å². The van der Waals surface area contributed by atoms with E-state index in [1.54, 1.807) is 0 Å². The van der Waals surface area contributed by atoms with Crippen LogP contribution in [0.2, 0.25) is 0 Å². The Bertz CT molecular complexity index is 271. The Kier molecular flexibility index (Phi) is 13.6. The molecule has 0 radical (unpaired) electrons. The highest BCUT2D eigenvalue weighted by molar-refractivity contribution is 14.0. The van der Waals surface area contributed by atoms with E-state index in [0.29, 0.717) is 0 Å². The van der Waals surface area contributed by atoms with Gasteiger partial charge in [0.1, 0.15) is 0 Å². The van der Waals surface area contributed by atoms with Gasteiger partial charge in [-0.1, -0.05) is 26.2 Å². The van der Waals surface area contributed by atoms with Crippen LogP contribution in [0.3, 0.4) is 0 Å². The molecule has 21 heavy (non-hydrogen) atoms. The monoisotopic (exact) mass is 410 g/mol. The first kappa shape index (κ1) is 21.0. The number of nitrogens with zero attached hydrogens (tertiary/aromatic N) is 2. The third-order valence-electron chi connectivity index (χ3n) is 3.90. The zero-order chi connectivity index (χ0) is 14.6. The molecule has 1 rings (SSSR count). The maximum Gasteiger partial charge on any atom is 0.191 e. The van der Waals surface area contributed by atoms with Gasteiger partial charge in [0.2, 0.25) is 0 Å². The summed E-state index contributed by atoms with van der Waals surface area (Å²) in [5.41, 5.74) is 0. The molecular weight excluding hydrogens is 375 g/mol. The van der Waals surface area contributed by atoms with Gasteiger partial charge in [0.25, 0.3) is 0 Å². The molecule has 2 N–H and O–H groups in total. The average Bonchev–Trinajstić information content (AvgIpc) is 2.44. The molecule has 0 aromatic heterocycles. The van der Waals surface area contributed by atoms with Crippen molar-refractivity contribution in [2.45, 2.75) is 52.4 Å². The molecule has 1 saturated heterocycles. The van der Waals surface area contributed by atoms with E-state index in [1.165, 1.54) is 51.6 Å². The van der Waals surface area contributed by atoms with Gasteiger partial charge in [-0.2, -0.15) is 0 Å². The van der Waals surface area contributed by atoms with Crippen molar-refractivity contribution in [3.63, 3.8) is 0 Å². The number of rotatable bonds is 8. The quantitative estimate of drug-likeness (QED) is 0.280. The van der Waals surface area contributed by atoms with Crippen molar-refractivity contribution >= 4 is 29.9 Å². The summed E-state index contributed by atoms with van der Waals surface area (Å²) in [5, 5.41) is 6.81. The standard InChI is InChI=1S/C16H34N4.HI/c1-4-6-7-8-11-18-16(17-5-2)19-13-15-10-9-12-20(3)14-15;/h15H,4-14H2,1-3H3,(H2,17,18,19);1H. The molecule has 4 nitrogen and oxygen atoms in total. The highest BCUT2D eigenvalue weighted by atomic mass is 127. The van der Waals surface area contributed by atoms with E-state index in [9.17, 15) is 0 Å². The van der Waals surface area contributed by atoms with Crippen LogP contribution in [-0.4, -0.2) is 50.6 Å². The minimum atomic E-state index is 0. The summed E-state index contributed by atoms with van der Waals surface area (Å²) in [6.45, 7) is 9.74. The fourth-order valence-corrected chi connectivity index (χ4v) is 2.74. The van der Waals surface area contributed by atoms with Crippen LogP contribution in [0.4, 0.5) is 0 Å². The van der Waals surface area contributed by atoms with Crippen LogP contribution >= 0.6 is 24.0 Å². The first-order valence-corrected chi connectivity index (χ1v) is 8.47. The van der Waals surface area contributed by atoms with Gasteiger partial charge in [0.05, 0.1) is 0 Å². The van der Waals surface area contributed by atoms with E-state index >= 15 is 0 Å². The van der Waals surface area contributed by atoms with Crippen LogP contribution in [0.5, 0.6) is 0 Å². The molecule has 1 fully saturated rings. The number of aliphatic imine (C=N–C) groups is 1. The van der Waals surface area contributed by atoms with Gasteiger partial charge in [0.15, 0.2) is 5.96 Å². The molecule has 0 aromatic carbocycles. The smallest absolute Gasteiger partial charge is 0.191 e.